The molecular weight excluding hydrogens is 376 g/mol. The van der Waals surface area contributed by atoms with E-state index in [-0.39, 0.29) is 21.4 Å². The van der Waals surface area contributed by atoms with Crippen LogP contribution >= 0.6 is 0 Å². The molecule has 0 aliphatic rings. The van der Waals surface area contributed by atoms with Gasteiger partial charge in [0.15, 0.2) is 31.3 Å². The molecule has 3 aromatic rings. The maximum atomic E-state index is 12.4. The Morgan fingerprint density at radius 2 is 1.04 bits per heavy atom. The third-order valence-corrected chi connectivity index (χ3v) is 6.94. The van der Waals surface area contributed by atoms with E-state index >= 15 is 0 Å². The van der Waals surface area contributed by atoms with Crippen molar-refractivity contribution in [1.82, 2.24) is 14.9 Å². The highest BCUT2D eigenvalue weighted by atomic mass is 32.2. The minimum Gasteiger partial charge on any atom is -0.336 e. The van der Waals surface area contributed by atoms with Gasteiger partial charge in [0.2, 0.25) is 0 Å². The summed E-state index contributed by atoms with van der Waals surface area (Å²) < 4.78 is 50.6. The number of nitrogens with zero attached hydrogens (tertiary/aromatic N) is 3. The van der Waals surface area contributed by atoms with Crippen LogP contribution in [-0.2, 0) is 31.2 Å². The monoisotopic (exact) mass is 392 g/mol. The van der Waals surface area contributed by atoms with Gasteiger partial charge in [-0.15, -0.1) is 10.2 Å². The average Bonchev–Trinajstić information content (AvgIpc) is 2.95. The molecule has 2 aromatic carbocycles. The Morgan fingerprint density at radius 1 is 0.692 bits per heavy atom. The van der Waals surface area contributed by atoms with Gasteiger partial charge in [0.05, 0.1) is 9.79 Å². The van der Waals surface area contributed by atoms with E-state index in [1.807, 2.05) is 0 Å². The van der Waals surface area contributed by atoms with Crippen LogP contribution in [0.25, 0.3) is 0 Å². The number of hydrogen-bond acceptors (Lipinski definition) is 7. The molecular formula is C16H16N4O4S2. The predicted octanol–water partition coefficient (Wildman–Crippen LogP) is 0.940. The van der Waals surface area contributed by atoms with Gasteiger partial charge >= 0.3 is 0 Å². The number of hydrogen-bond donors (Lipinski definition) is 1. The minimum atomic E-state index is -3.67. The molecule has 0 saturated heterocycles. The van der Waals surface area contributed by atoms with Crippen LogP contribution in [0.1, 0.15) is 11.6 Å². The van der Waals surface area contributed by atoms with Gasteiger partial charge in [0.25, 0.3) is 0 Å². The van der Waals surface area contributed by atoms with Gasteiger partial charge in [-0.2, -0.15) is 0 Å². The number of aromatic nitrogens is 3. The second kappa shape index (κ2) is 6.89. The Balaban J connectivity index is 1.85. The Kier molecular flexibility index (Phi) is 4.79. The summed E-state index contributed by atoms with van der Waals surface area (Å²) in [6.45, 7) is 0. The van der Waals surface area contributed by atoms with Crippen LogP contribution in [0.5, 0.6) is 0 Å². The van der Waals surface area contributed by atoms with Crippen molar-refractivity contribution in [3.63, 3.8) is 0 Å². The van der Waals surface area contributed by atoms with Crippen LogP contribution in [0, 0.1) is 0 Å². The van der Waals surface area contributed by atoms with Crippen molar-refractivity contribution in [3.05, 3.63) is 72.3 Å². The summed E-state index contributed by atoms with van der Waals surface area (Å²) in [6, 6.07) is 15.7. The maximum absolute atomic E-state index is 12.4. The summed E-state index contributed by atoms with van der Waals surface area (Å²) in [5, 5.41) is 7.50. The first-order valence-corrected chi connectivity index (χ1v) is 10.8. The molecule has 0 unspecified atom stereocenters. The van der Waals surface area contributed by atoms with Crippen LogP contribution in [0.15, 0.2) is 70.5 Å². The summed E-state index contributed by atoms with van der Waals surface area (Å²) in [5.74, 6) is 4.81. The molecule has 10 heteroatoms. The first-order valence-electron chi connectivity index (χ1n) is 7.53. The van der Waals surface area contributed by atoms with Crippen molar-refractivity contribution in [1.29, 1.82) is 0 Å². The van der Waals surface area contributed by atoms with E-state index in [0.29, 0.717) is 0 Å². The van der Waals surface area contributed by atoms with Gasteiger partial charge in [-0.1, -0.05) is 36.4 Å². The molecule has 0 saturated carbocycles. The van der Waals surface area contributed by atoms with Crippen LogP contribution in [0.3, 0.4) is 0 Å². The Bertz CT molecular complexity index is 1020. The van der Waals surface area contributed by atoms with Gasteiger partial charge in [0.1, 0.15) is 11.5 Å². The minimum absolute atomic E-state index is 0.0351. The Hall–Kier alpha value is -2.72. The lowest BCUT2D eigenvalue weighted by molar-refractivity contribution is 0.592. The van der Waals surface area contributed by atoms with Crippen LogP contribution in [0.4, 0.5) is 0 Å². The topological polar surface area (TPSA) is 125 Å². The van der Waals surface area contributed by atoms with Crippen molar-refractivity contribution in [2.24, 2.45) is 0 Å². The zero-order valence-corrected chi connectivity index (χ0v) is 15.2. The normalized spacial score (nSPS) is 12.2. The van der Waals surface area contributed by atoms with E-state index in [1.165, 1.54) is 24.3 Å². The molecule has 26 heavy (non-hydrogen) atoms. The molecule has 0 amide bonds. The Labute approximate surface area is 151 Å². The summed E-state index contributed by atoms with van der Waals surface area (Å²) in [4.78, 5) is 0.253. The summed E-state index contributed by atoms with van der Waals surface area (Å²) in [5.41, 5.74) is 0. The second-order valence-electron chi connectivity index (χ2n) is 5.55. The van der Waals surface area contributed by atoms with Gasteiger partial charge in [-0.3, -0.25) is 0 Å². The van der Waals surface area contributed by atoms with Crippen molar-refractivity contribution < 1.29 is 16.8 Å². The average molecular weight is 392 g/mol. The van der Waals surface area contributed by atoms with Gasteiger partial charge < -0.3 is 5.84 Å². The predicted molar refractivity (Wildman–Crippen MR) is 94.8 cm³/mol. The highest BCUT2D eigenvalue weighted by Gasteiger charge is 2.23. The fourth-order valence-electron chi connectivity index (χ4n) is 2.32. The van der Waals surface area contributed by atoms with Gasteiger partial charge in [-0.05, 0) is 24.3 Å². The lowest BCUT2D eigenvalue weighted by atomic mass is 10.4. The standard InChI is InChI=1S/C16H16N4O4S2/c17-20-15(11-25(21,22)13-7-3-1-4-8-13)18-19-16(20)12-26(23,24)14-9-5-2-6-10-14/h1-10H,11-12,17H2. The first kappa shape index (κ1) is 18.1. The van der Waals surface area contributed by atoms with E-state index in [1.54, 1.807) is 36.4 Å². The van der Waals surface area contributed by atoms with Crippen molar-refractivity contribution in [2.45, 2.75) is 21.3 Å². The molecule has 0 spiro atoms. The third-order valence-electron chi connectivity index (χ3n) is 3.68. The molecule has 0 aliphatic heterocycles. The lowest BCUT2D eigenvalue weighted by Crippen LogP contribution is -2.21. The van der Waals surface area contributed by atoms with Crippen molar-refractivity contribution >= 4 is 19.7 Å². The fraction of sp³-hybridized carbons (Fsp3) is 0.125. The van der Waals surface area contributed by atoms with E-state index in [9.17, 15) is 16.8 Å². The lowest BCUT2D eigenvalue weighted by Gasteiger charge is -2.06. The second-order valence-corrected chi connectivity index (χ2v) is 9.53. The largest absolute Gasteiger partial charge is 0.336 e. The van der Waals surface area contributed by atoms with Crippen LogP contribution in [0.2, 0.25) is 0 Å². The van der Waals surface area contributed by atoms with Crippen LogP contribution < -0.4 is 5.84 Å². The molecule has 0 fully saturated rings. The van der Waals surface area contributed by atoms with E-state index in [4.69, 9.17) is 5.84 Å². The molecule has 0 radical (unpaired) electrons. The molecule has 2 N–H and O–H groups in total. The molecule has 1 heterocycles. The van der Waals surface area contributed by atoms with E-state index in [0.717, 1.165) is 4.68 Å². The highest BCUT2D eigenvalue weighted by Crippen LogP contribution is 2.17. The van der Waals surface area contributed by atoms with Crippen molar-refractivity contribution in [2.75, 3.05) is 5.84 Å². The van der Waals surface area contributed by atoms with Crippen molar-refractivity contribution in [3.8, 4) is 0 Å². The quantitative estimate of drug-likeness (QED) is 0.619. The number of nitrogens with two attached hydrogens (primary N) is 1. The SMILES string of the molecule is Nn1c(CS(=O)(=O)c2ccccc2)nnc1CS(=O)(=O)c1ccccc1. The number of sulfone groups is 2. The molecule has 3 rings (SSSR count). The zero-order chi connectivity index (χ0) is 18.8. The maximum Gasteiger partial charge on any atom is 0.185 e. The Morgan fingerprint density at radius 3 is 1.38 bits per heavy atom. The smallest absolute Gasteiger partial charge is 0.185 e. The third kappa shape index (κ3) is 3.75. The number of rotatable bonds is 6. The number of nitrogen functional groups attached to an aromatic ring is 1. The highest BCUT2D eigenvalue weighted by molar-refractivity contribution is 7.91. The zero-order valence-electron chi connectivity index (χ0n) is 13.6. The first-order chi connectivity index (χ1) is 12.3. The van der Waals surface area contributed by atoms with E-state index < -0.39 is 31.2 Å². The van der Waals surface area contributed by atoms with Gasteiger partial charge in [-0.25, -0.2) is 21.5 Å². The molecule has 0 atom stereocenters. The number of benzene rings is 2. The summed E-state index contributed by atoms with van der Waals surface area (Å²) in [6.07, 6.45) is 0. The van der Waals surface area contributed by atoms with Gasteiger partial charge in [0, 0.05) is 0 Å². The molecule has 8 nitrogen and oxygen atoms in total. The van der Waals surface area contributed by atoms with Crippen LogP contribution in [-0.4, -0.2) is 31.7 Å². The fourth-order valence-corrected chi connectivity index (χ4v) is 4.87. The molecule has 136 valence electrons. The molecule has 1 aromatic heterocycles. The molecule has 0 aliphatic carbocycles. The summed E-state index contributed by atoms with van der Waals surface area (Å²) in [7, 11) is -7.34. The summed E-state index contributed by atoms with van der Waals surface area (Å²) >= 11 is 0. The van der Waals surface area contributed by atoms with E-state index in [2.05, 4.69) is 10.2 Å². The molecule has 0 bridgehead atoms.